The molecular formula is C22H25N3O3. The van der Waals surface area contributed by atoms with Gasteiger partial charge in [0.05, 0.1) is 6.42 Å². The zero-order chi connectivity index (χ0) is 19.9. The van der Waals surface area contributed by atoms with Gasteiger partial charge in [-0.2, -0.15) is 0 Å². The molecule has 28 heavy (non-hydrogen) atoms. The van der Waals surface area contributed by atoms with Crippen LogP contribution in [0.1, 0.15) is 35.7 Å². The van der Waals surface area contributed by atoms with Crippen LogP contribution in [0, 0.1) is 0 Å². The third kappa shape index (κ3) is 5.42. The molecule has 3 rings (SSSR count). The van der Waals surface area contributed by atoms with Crippen LogP contribution < -0.4 is 10.6 Å². The van der Waals surface area contributed by atoms with Crippen molar-refractivity contribution in [2.45, 2.75) is 32.2 Å². The molecule has 1 aliphatic heterocycles. The maximum atomic E-state index is 12.7. The van der Waals surface area contributed by atoms with Crippen LogP contribution >= 0.6 is 0 Å². The minimum atomic E-state index is -0.170. The second-order valence-corrected chi connectivity index (χ2v) is 7.06. The maximum Gasteiger partial charge on any atom is 0.253 e. The topological polar surface area (TPSA) is 78.5 Å². The summed E-state index contributed by atoms with van der Waals surface area (Å²) < 4.78 is 0. The maximum absolute atomic E-state index is 12.7. The largest absolute Gasteiger partial charge is 0.353 e. The van der Waals surface area contributed by atoms with Crippen molar-refractivity contribution in [3.63, 3.8) is 0 Å². The van der Waals surface area contributed by atoms with Gasteiger partial charge in [-0.05, 0) is 36.6 Å². The SMILES string of the molecule is CC(=O)Nc1cccc(C(=O)N2CCC(NC(=O)Cc3ccccc3)CC2)c1. The first kappa shape index (κ1) is 19.6. The van der Waals surface area contributed by atoms with Gasteiger partial charge < -0.3 is 15.5 Å². The standard InChI is InChI=1S/C22H25N3O3/c1-16(26)23-20-9-5-8-18(15-20)22(28)25-12-10-19(11-13-25)24-21(27)14-17-6-3-2-4-7-17/h2-9,15,19H,10-14H2,1H3,(H,23,26)(H,24,27). The van der Waals surface area contributed by atoms with E-state index in [9.17, 15) is 14.4 Å². The zero-order valence-electron chi connectivity index (χ0n) is 16.0. The highest BCUT2D eigenvalue weighted by Crippen LogP contribution is 2.17. The Bertz CT molecular complexity index is 843. The normalized spacial score (nSPS) is 14.4. The summed E-state index contributed by atoms with van der Waals surface area (Å²) in [5.41, 5.74) is 2.16. The molecule has 0 saturated carbocycles. The molecule has 2 aromatic carbocycles. The molecule has 146 valence electrons. The van der Waals surface area contributed by atoms with Crippen LogP contribution in [0.5, 0.6) is 0 Å². The molecule has 6 nitrogen and oxygen atoms in total. The lowest BCUT2D eigenvalue weighted by Crippen LogP contribution is -2.46. The molecule has 0 unspecified atom stereocenters. The Hall–Kier alpha value is -3.15. The fourth-order valence-electron chi connectivity index (χ4n) is 3.40. The molecule has 0 radical (unpaired) electrons. The van der Waals surface area contributed by atoms with E-state index in [1.165, 1.54) is 6.92 Å². The van der Waals surface area contributed by atoms with Gasteiger partial charge in [-0.15, -0.1) is 0 Å². The lowest BCUT2D eigenvalue weighted by molar-refractivity contribution is -0.121. The molecule has 2 aromatic rings. The molecule has 0 aromatic heterocycles. The van der Waals surface area contributed by atoms with Crippen LogP contribution in [0.15, 0.2) is 54.6 Å². The average molecular weight is 379 g/mol. The number of carbonyl (C=O) groups is 3. The molecule has 1 saturated heterocycles. The monoisotopic (exact) mass is 379 g/mol. The molecule has 0 spiro atoms. The smallest absolute Gasteiger partial charge is 0.253 e. The summed E-state index contributed by atoms with van der Waals surface area (Å²) >= 11 is 0. The number of nitrogens with one attached hydrogen (secondary N) is 2. The Morgan fingerprint density at radius 3 is 2.39 bits per heavy atom. The van der Waals surface area contributed by atoms with Crippen LogP contribution in [0.3, 0.4) is 0 Å². The Kier molecular flexibility index (Phi) is 6.42. The Morgan fingerprint density at radius 2 is 1.71 bits per heavy atom. The fourth-order valence-corrected chi connectivity index (χ4v) is 3.40. The van der Waals surface area contributed by atoms with Gasteiger partial charge in [0.1, 0.15) is 0 Å². The highest BCUT2D eigenvalue weighted by Gasteiger charge is 2.24. The van der Waals surface area contributed by atoms with E-state index in [1.54, 1.807) is 29.2 Å². The molecule has 2 N–H and O–H groups in total. The van der Waals surface area contributed by atoms with Gasteiger partial charge in [-0.3, -0.25) is 14.4 Å². The lowest BCUT2D eigenvalue weighted by atomic mass is 10.0. The Morgan fingerprint density at radius 1 is 1.00 bits per heavy atom. The van der Waals surface area contributed by atoms with E-state index in [4.69, 9.17) is 0 Å². The summed E-state index contributed by atoms with van der Waals surface area (Å²) in [7, 11) is 0. The van der Waals surface area contributed by atoms with Gasteiger partial charge >= 0.3 is 0 Å². The van der Waals surface area contributed by atoms with E-state index in [2.05, 4.69) is 10.6 Å². The minimum Gasteiger partial charge on any atom is -0.353 e. The van der Waals surface area contributed by atoms with Crippen LogP contribution in [0.2, 0.25) is 0 Å². The first-order chi connectivity index (χ1) is 13.5. The zero-order valence-corrected chi connectivity index (χ0v) is 16.0. The van der Waals surface area contributed by atoms with Crippen LogP contribution in [-0.4, -0.2) is 41.8 Å². The van der Waals surface area contributed by atoms with Crippen molar-refractivity contribution >= 4 is 23.4 Å². The van der Waals surface area contributed by atoms with Gasteiger partial charge in [-0.25, -0.2) is 0 Å². The van der Waals surface area contributed by atoms with Gasteiger partial charge in [0.2, 0.25) is 11.8 Å². The Labute approximate surface area is 164 Å². The van der Waals surface area contributed by atoms with Crippen molar-refractivity contribution in [3.8, 4) is 0 Å². The number of piperidine rings is 1. The average Bonchev–Trinajstić information content (AvgIpc) is 2.68. The summed E-state index contributed by atoms with van der Waals surface area (Å²) in [6.07, 6.45) is 1.84. The summed E-state index contributed by atoms with van der Waals surface area (Å²) in [5, 5.41) is 5.77. The first-order valence-corrected chi connectivity index (χ1v) is 9.51. The number of likely N-dealkylation sites (tertiary alicyclic amines) is 1. The molecule has 6 heteroatoms. The molecule has 0 atom stereocenters. The molecular weight excluding hydrogens is 354 g/mol. The number of amides is 3. The van der Waals surface area contributed by atoms with Crippen molar-refractivity contribution in [2.75, 3.05) is 18.4 Å². The van der Waals surface area contributed by atoms with Gasteiger partial charge in [0.15, 0.2) is 0 Å². The third-order valence-corrected chi connectivity index (χ3v) is 4.78. The van der Waals surface area contributed by atoms with E-state index >= 15 is 0 Å². The molecule has 1 fully saturated rings. The number of hydrogen-bond donors (Lipinski definition) is 2. The summed E-state index contributed by atoms with van der Waals surface area (Å²) in [6.45, 7) is 2.63. The third-order valence-electron chi connectivity index (χ3n) is 4.78. The van der Waals surface area contributed by atoms with E-state index < -0.39 is 0 Å². The van der Waals surface area contributed by atoms with Crippen LogP contribution in [0.25, 0.3) is 0 Å². The molecule has 0 bridgehead atoms. The predicted octanol–water partition coefficient (Wildman–Crippen LogP) is 2.61. The second kappa shape index (κ2) is 9.17. The summed E-state index contributed by atoms with van der Waals surface area (Å²) in [4.78, 5) is 37.9. The van der Waals surface area contributed by atoms with Gasteiger partial charge in [0.25, 0.3) is 5.91 Å². The van der Waals surface area contributed by atoms with Crippen LogP contribution in [0.4, 0.5) is 5.69 Å². The van der Waals surface area contributed by atoms with Crippen LogP contribution in [-0.2, 0) is 16.0 Å². The number of benzene rings is 2. The molecule has 3 amide bonds. The van der Waals surface area contributed by atoms with Gasteiger partial charge in [0, 0.05) is 37.3 Å². The number of anilines is 1. The van der Waals surface area contributed by atoms with Crippen molar-refractivity contribution in [1.82, 2.24) is 10.2 Å². The van der Waals surface area contributed by atoms with Gasteiger partial charge in [-0.1, -0.05) is 36.4 Å². The van der Waals surface area contributed by atoms with E-state index in [0.717, 1.165) is 18.4 Å². The summed E-state index contributed by atoms with van der Waals surface area (Å²) in [6, 6.07) is 16.7. The Balaban J connectivity index is 1.50. The summed E-state index contributed by atoms with van der Waals surface area (Å²) in [5.74, 6) is -0.211. The second-order valence-electron chi connectivity index (χ2n) is 7.06. The quantitative estimate of drug-likeness (QED) is 0.838. The molecule has 0 aliphatic carbocycles. The van der Waals surface area contributed by atoms with E-state index in [1.807, 2.05) is 30.3 Å². The van der Waals surface area contributed by atoms with Crippen molar-refractivity contribution in [1.29, 1.82) is 0 Å². The predicted molar refractivity (Wildman–Crippen MR) is 108 cm³/mol. The first-order valence-electron chi connectivity index (χ1n) is 9.51. The van der Waals surface area contributed by atoms with E-state index in [0.29, 0.717) is 30.8 Å². The lowest BCUT2D eigenvalue weighted by Gasteiger charge is -2.32. The van der Waals surface area contributed by atoms with Crippen molar-refractivity contribution < 1.29 is 14.4 Å². The molecule has 1 heterocycles. The number of nitrogens with zero attached hydrogens (tertiary/aromatic N) is 1. The fraction of sp³-hybridized carbons (Fsp3) is 0.318. The highest BCUT2D eigenvalue weighted by atomic mass is 16.2. The number of hydrogen-bond acceptors (Lipinski definition) is 3. The van der Waals surface area contributed by atoms with Crippen molar-refractivity contribution in [3.05, 3.63) is 65.7 Å². The van der Waals surface area contributed by atoms with Crippen molar-refractivity contribution in [2.24, 2.45) is 0 Å². The number of rotatable bonds is 5. The number of carbonyl (C=O) groups excluding carboxylic acids is 3. The van der Waals surface area contributed by atoms with E-state index in [-0.39, 0.29) is 23.8 Å². The molecule has 1 aliphatic rings. The highest BCUT2D eigenvalue weighted by molar-refractivity contribution is 5.96. The minimum absolute atomic E-state index is 0.0129.